The van der Waals surface area contributed by atoms with E-state index in [2.05, 4.69) is 5.32 Å². The summed E-state index contributed by atoms with van der Waals surface area (Å²) < 4.78 is 5.45. The van der Waals surface area contributed by atoms with E-state index in [0.29, 0.717) is 16.3 Å². The van der Waals surface area contributed by atoms with Gasteiger partial charge in [0.25, 0.3) is 5.91 Å². The smallest absolute Gasteiger partial charge is 0.265 e. The Hall–Kier alpha value is -2.92. The summed E-state index contributed by atoms with van der Waals surface area (Å²) in [6.07, 6.45) is 0. The van der Waals surface area contributed by atoms with Crippen LogP contribution in [0.3, 0.4) is 0 Å². The van der Waals surface area contributed by atoms with E-state index < -0.39 is 0 Å². The van der Waals surface area contributed by atoms with Crippen LogP contribution in [0.2, 0.25) is 0 Å². The van der Waals surface area contributed by atoms with Gasteiger partial charge in [0.15, 0.2) is 5.75 Å². The minimum Gasteiger partial charge on any atom is -0.493 e. The molecule has 1 N–H and O–H groups in total. The third kappa shape index (κ3) is 3.61. The van der Waals surface area contributed by atoms with Crippen molar-refractivity contribution in [3.05, 3.63) is 82.0 Å². The summed E-state index contributed by atoms with van der Waals surface area (Å²) in [5.41, 5.74) is 3.49. The number of methoxy groups -OCH3 is 1. The number of nitrogens with zero attached hydrogens (tertiary/aromatic N) is 1. The van der Waals surface area contributed by atoms with E-state index in [9.17, 15) is 4.79 Å². The molecule has 4 nitrogen and oxygen atoms in total. The maximum absolute atomic E-state index is 12.0. The van der Waals surface area contributed by atoms with Crippen LogP contribution in [0.1, 0.15) is 20.8 Å². The van der Waals surface area contributed by atoms with Gasteiger partial charge < -0.3 is 10.1 Å². The maximum atomic E-state index is 12.0. The van der Waals surface area contributed by atoms with E-state index in [0.717, 1.165) is 16.8 Å². The average Bonchev–Trinajstić information content (AvgIpc) is 3.09. The van der Waals surface area contributed by atoms with Crippen molar-refractivity contribution in [3.8, 4) is 5.75 Å². The van der Waals surface area contributed by atoms with Crippen molar-refractivity contribution < 1.29 is 9.53 Å². The van der Waals surface area contributed by atoms with Gasteiger partial charge in [0.05, 0.1) is 12.8 Å². The van der Waals surface area contributed by atoms with Crippen LogP contribution in [0.25, 0.3) is 0 Å². The van der Waals surface area contributed by atoms with Crippen LogP contribution >= 0.6 is 11.3 Å². The van der Waals surface area contributed by atoms with Gasteiger partial charge in [0.1, 0.15) is 10.6 Å². The molecule has 0 unspecified atom stereocenters. The van der Waals surface area contributed by atoms with Crippen molar-refractivity contribution in [2.24, 2.45) is 4.99 Å². The second kappa shape index (κ2) is 7.77. The van der Waals surface area contributed by atoms with Crippen LogP contribution in [-0.2, 0) is 0 Å². The van der Waals surface area contributed by atoms with Gasteiger partial charge in [-0.1, -0.05) is 60.7 Å². The predicted octanol–water partition coefficient (Wildman–Crippen LogP) is 4.29. The van der Waals surface area contributed by atoms with Crippen molar-refractivity contribution in [2.45, 2.75) is 0 Å². The van der Waals surface area contributed by atoms with Gasteiger partial charge in [-0.15, -0.1) is 11.3 Å². The molecule has 1 heterocycles. The normalized spacial score (nSPS) is 10.2. The Labute approximate surface area is 150 Å². The topological polar surface area (TPSA) is 50.7 Å². The molecule has 25 heavy (non-hydrogen) atoms. The standard InChI is InChI=1S/C20H18N2O2S/c1-21-20(23)19-18(24-2)16(13-25-19)22-17(14-9-5-3-6-10-14)15-11-7-4-8-12-15/h3-13H,1-2H3,(H,21,23). The lowest BCUT2D eigenvalue weighted by Crippen LogP contribution is -2.16. The number of benzene rings is 2. The van der Waals surface area contributed by atoms with Gasteiger partial charge in [-0.05, 0) is 0 Å². The van der Waals surface area contributed by atoms with Crippen molar-refractivity contribution in [1.29, 1.82) is 0 Å². The predicted molar refractivity (Wildman–Crippen MR) is 102 cm³/mol. The number of amides is 1. The molecule has 3 rings (SSSR count). The highest BCUT2D eigenvalue weighted by atomic mass is 32.1. The summed E-state index contributed by atoms with van der Waals surface area (Å²) in [5.74, 6) is 0.318. The molecule has 0 bridgehead atoms. The highest BCUT2D eigenvalue weighted by Crippen LogP contribution is 2.38. The van der Waals surface area contributed by atoms with Crippen LogP contribution in [0.4, 0.5) is 5.69 Å². The highest BCUT2D eigenvalue weighted by Gasteiger charge is 2.19. The molecule has 126 valence electrons. The fraction of sp³-hybridized carbons (Fsp3) is 0.100. The number of carbonyl (C=O) groups is 1. The number of aliphatic imine (C=N–C) groups is 1. The molecule has 1 aromatic heterocycles. The molecule has 0 aliphatic carbocycles. The van der Waals surface area contributed by atoms with Crippen LogP contribution in [-0.4, -0.2) is 25.8 Å². The van der Waals surface area contributed by atoms with Crippen LogP contribution in [0.15, 0.2) is 71.0 Å². The van der Waals surface area contributed by atoms with Gasteiger partial charge in [0, 0.05) is 23.6 Å². The lowest BCUT2D eigenvalue weighted by Gasteiger charge is -2.08. The molecule has 5 heteroatoms. The number of hydrogen-bond donors (Lipinski definition) is 1. The van der Waals surface area contributed by atoms with Gasteiger partial charge in [-0.3, -0.25) is 4.79 Å². The van der Waals surface area contributed by atoms with Crippen molar-refractivity contribution in [3.63, 3.8) is 0 Å². The molecule has 3 aromatic rings. The highest BCUT2D eigenvalue weighted by molar-refractivity contribution is 7.13. The summed E-state index contributed by atoms with van der Waals surface area (Å²) in [6.45, 7) is 0. The number of nitrogens with one attached hydrogen (secondary N) is 1. The Kier molecular flexibility index (Phi) is 5.26. The Morgan fingerprint density at radius 3 is 2.04 bits per heavy atom. The van der Waals surface area contributed by atoms with Crippen LogP contribution in [0.5, 0.6) is 5.75 Å². The number of ether oxygens (including phenoxy) is 1. The minimum absolute atomic E-state index is 0.177. The number of hydrogen-bond acceptors (Lipinski definition) is 4. The van der Waals surface area contributed by atoms with E-state index in [1.807, 2.05) is 66.0 Å². The van der Waals surface area contributed by atoms with E-state index in [-0.39, 0.29) is 5.91 Å². The third-order valence-corrected chi connectivity index (χ3v) is 4.64. The SMILES string of the molecule is CNC(=O)c1scc(N=C(c2ccccc2)c2ccccc2)c1OC. The van der Waals surface area contributed by atoms with Crippen LogP contribution in [0, 0.1) is 0 Å². The molecule has 2 aromatic carbocycles. The first-order valence-corrected chi connectivity index (χ1v) is 8.69. The first-order valence-electron chi connectivity index (χ1n) is 7.81. The third-order valence-electron chi connectivity index (χ3n) is 3.69. The Morgan fingerprint density at radius 1 is 1.00 bits per heavy atom. The van der Waals surface area contributed by atoms with Gasteiger partial charge in [-0.2, -0.15) is 0 Å². The minimum atomic E-state index is -0.177. The lowest BCUT2D eigenvalue weighted by molar-refractivity contribution is 0.0964. The lowest BCUT2D eigenvalue weighted by atomic mass is 10.0. The fourth-order valence-corrected chi connectivity index (χ4v) is 3.38. The van der Waals surface area contributed by atoms with Crippen LogP contribution < -0.4 is 10.1 Å². The molecule has 0 atom stereocenters. The molecule has 0 aliphatic rings. The first-order chi connectivity index (χ1) is 12.2. The molecule has 0 saturated carbocycles. The quantitative estimate of drug-likeness (QED) is 0.698. The summed E-state index contributed by atoms with van der Waals surface area (Å²) in [4.78, 5) is 17.4. The zero-order valence-electron chi connectivity index (χ0n) is 14.0. The number of rotatable bonds is 5. The fourth-order valence-electron chi connectivity index (χ4n) is 2.49. The van der Waals surface area contributed by atoms with Gasteiger partial charge >= 0.3 is 0 Å². The van der Waals surface area contributed by atoms with E-state index >= 15 is 0 Å². The molecular weight excluding hydrogens is 332 g/mol. The first kappa shape index (κ1) is 16.9. The summed E-state index contributed by atoms with van der Waals surface area (Å²) in [7, 11) is 3.15. The molecule has 0 saturated heterocycles. The molecule has 0 fully saturated rings. The second-order valence-corrected chi connectivity index (χ2v) is 6.13. The van der Waals surface area contributed by atoms with E-state index in [1.54, 1.807) is 14.2 Å². The molecular formula is C20H18N2O2S. The monoisotopic (exact) mass is 350 g/mol. The average molecular weight is 350 g/mol. The summed E-state index contributed by atoms with van der Waals surface area (Å²) in [6, 6.07) is 19.9. The Bertz CT molecular complexity index is 845. The Balaban J connectivity index is 2.15. The van der Waals surface area contributed by atoms with E-state index in [4.69, 9.17) is 9.73 Å². The van der Waals surface area contributed by atoms with Gasteiger partial charge in [0.2, 0.25) is 0 Å². The molecule has 1 amide bonds. The van der Waals surface area contributed by atoms with Crippen molar-refractivity contribution in [2.75, 3.05) is 14.2 Å². The summed E-state index contributed by atoms with van der Waals surface area (Å²) >= 11 is 1.32. The maximum Gasteiger partial charge on any atom is 0.265 e. The second-order valence-electron chi connectivity index (χ2n) is 5.25. The molecule has 0 radical (unpaired) electrons. The summed E-state index contributed by atoms with van der Waals surface area (Å²) in [5, 5.41) is 4.47. The van der Waals surface area contributed by atoms with Crippen molar-refractivity contribution in [1.82, 2.24) is 5.32 Å². The number of thiophene rings is 1. The van der Waals surface area contributed by atoms with E-state index in [1.165, 1.54) is 11.3 Å². The molecule has 0 spiro atoms. The van der Waals surface area contributed by atoms with Gasteiger partial charge in [-0.25, -0.2) is 4.99 Å². The Morgan fingerprint density at radius 2 is 1.56 bits per heavy atom. The number of carbonyl (C=O) groups excluding carboxylic acids is 1. The molecule has 0 aliphatic heterocycles. The zero-order chi connectivity index (χ0) is 17.6. The largest absolute Gasteiger partial charge is 0.493 e. The van der Waals surface area contributed by atoms with Crippen molar-refractivity contribution >= 4 is 28.6 Å². The zero-order valence-corrected chi connectivity index (χ0v) is 14.8.